The first-order valence-electron chi connectivity index (χ1n) is 10.5. The van der Waals surface area contributed by atoms with Gasteiger partial charge in [-0.1, -0.05) is 29.8 Å². The molecule has 9 heteroatoms. The summed E-state index contributed by atoms with van der Waals surface area (Å²) in [5.41, 5.74) is 2.19. The Morgan fingerprint density at radius 3 is 2.53 bits per heavy atom. The molecule has 2 aromatic rings. The standard InChI is InChI=1S/C23H27ClO8/c1-2-29-17-6-3-14(4-7-17)11-15-12-16(5-8-18(15)24)23-21(28)19(26)20(27)22(32-23,13-31-23)30-10-9-25/h3-8,12,19-21,25-28H,2,9-11,13H2,1H3/t19-,20-,21+,22-,23-/m0/s1. The van der Waals surface area contributed by atoms with Gasteiger partial charge in [0.2, 0.25) is 11.6 Å². The van der Waals surface area contributed by atoms with Crippen LogP contribution >= 0.6 is 11.6 Å². The molecule has 2 aliphatic rings. The largest absolute Gasteiger partial charge is 0.494 e. The van der Waals surface area contributed by atoms with Crippen molar-refractivity contribution in [2.45, 2.75) is 43.2 Å². The van der Waals surface area contributed by atoms with Crippen molar-refractivity contribution >= 4 is 11.6 Å². The molecule has 174 valence electrons. The van der Waals surface area contributed by atoms with Gasteiger partial charge in [0, 0.05) is 10.6 Å². The number of rotatable bonds is 8. The van der Waals surface area contributed by atoms with Crippen LogP contribution in [0.3, 0.4) is 0 Å². The molecule has 0 amide bonds. The van der Waals surface area contributed by atoms with Crippen LogP contribution in [0.1, 0.15) is 23.6 Å². The highest BCUT2D eigenvalue weighted by atomic mass is 35.5. The van der Waals surface area contributed by atoms with E-state index < -0.39 is 29.9 Å². The normalized spacial score (nSPS) is 31.6. The first-order chi connectivity index (χ1) is 15.3. The number of benzene rings is 2. The predicted octanol–water partition coefficient (Wildman–Crippen LogP) is 1.33. The van der Waals surface area contributed by atoms with Gasteiger partial charge in [-0.15, -0.1) is 0 Å². The molecule has 0 radical (unpaired) electrons. The summed E-state index contributed by atoms with van der Waals surface area (Å²) in [7, 11) is 0. The minimum Gasteiger partial charge on any atom is -0.494 e. The van der Waals surface area contributed by atoms with Gasteiger partial charge in [-0.2, -0.15) is 0 Å². The van der Waals surface area contributed by atoms with Crippen molar-refractivity contribution in [1.82, 2.24) is 0 Å². The number of aliphatic hydroxyl groups excluding tert-OH is 4. The van der Waals surface area contributed by atoms with Crippen molar-refractivity contribution in [3.8, 4) is 5.75 Å². The smallest absolute Gasteiger partial charge is 0.227 e. The summed E-state index contributed by atoms with van der Waals surface area (Å²) in [5.74, 6) is -2.69. The van der Waals surface area contributed by atoms with E-state index in [1.807, 2.05) is 31.2 Å². The van der Waals surface area contributed by atoms with Crippen molar-refractivity contribution in [2.75, 3.05) is 26.4 Å². The quantitative estimate of drug-likeness (QED) is 0.460. The second-order valence-corrected chi connectivity index (χ2v) is 8.29. The van der Waals surface area contributed by atoms with Gasteiger partial charge in [0.1, 0.15) is 30.7 Å². The van der Waals surface area contributed by atoms with E-state index in [4.69, 9.17) is 35.7 Å². The van der Waals surface area contributed by atoms with Crippen molar-refractivity contribution < 1.29 is 39.4 Å². The molecule has 5 atom stereocenters. The van der Waals surface area contributed by atoms with E-state index in [1.165, 1.54) is 0 Å². The third-order valence-corrected chi connectivity index (χ3v) is 6.18. The Labute approximate surface area is 190 Å². The van der Waals surface area contributed by atoms with Gasteiger partial charge in [0.15, 0.2) is 0 Å². The first-order valence-corrected chi connectivity index (χ1v) is 10.9. The molecular formula is C23H27ClO8. The fourth-order valence-corrected chi connectivity index (χ4v) is 4.36. The highest BCUT2D eigenvalue weighted by Gasteiger charge is 2.68. The monoisotopic (exact) mass is 466 g/mol. The van der Waals surface area contributed by atoms with E-state index in [2.05, 4.69) is 0 Å². The number of hydrogen-bond donors (Lipinski definition) is 4. The Hall–Kier alpha value is -1.75. The van der Waals surface area contributed by atoms with Crippen LogP contribution in [0.15, 0.2) is 42.5 Å². The Morgan fingerprint density at radius 1 is 1.09 bits per heavy atom. The number of ether oxygens (including phenoxy) is 4. The average Bonchev–Trinajstić information content (AvgIpc) is 3.18. The molecular weight excluding hydrogens is 440 g/mol. The molecule has 4 rings (SSSR count). The highest BCUT2D eigenvalue weighted by Crippen LogP contribution is 2.50. The maximum absolute atomic E-state index is 10.8. The lowest BCUT2D eigenvalue weighted by molar-refractivity contribution is -0.380. The Balaban J connectivity index is 1.64. The van der Waals surface area contributed by atoms with Crippen molar-refractivity contribution in [3.63, 3.8) is 0 Å². The summed E-state index contributed by atoms with van der Waals surface area (Å²) in [6.45, 7) is 1.82. The van der Waals surface area contributed by atoms with E-state index in [9.17, 15) is 15.3 Å². The number of halogens is 1. The molecule has 8 nitrogen and oxygen atoms in total. The van der Waals surface area contributed by atoms with Crippen LogP contribution in [0.2, 0.25) is 5.02 Å². The van der Waals surface area contributed by atoms with Gasteiger partial charge in [0.05, 0.1) is 19.8 Å². The number of hydrogen-bond acceptors (Lipinski definition) is 8. The lowest BCUT2D eigenvalue weighted by Crippen LogP contribution is -2.65. The molecule has 2 heterocycles. The van der Waals surface area contributed by atoms with Gasteiger partial charge in [0.25, 0.3) is 0 Å². The molecule has 2 fully saturated rings. The van der Waals surface area contributed by atoms with Crippen LogP contribution in [0.5, 0.6) is 5.75 Å². The van der Waals surface area contributed by atoms with Crippen molar-refractivity contribution in [1.29, 1.82) is 0 Å². The van der Waals surface area contributed by atoms with E-state index in [1.54, 1.807) is 18.2 Å². The van der Waals surface area contributed by atoms with Crippen LogP contribution in [-0.2, 0) is 26.4 Å². The van der Waals surface area contributed by atoms with E-state index in [-0.39, 0.29) is 19.8 Å². The summed E-state index contributed by atoms with van der Waals surface area (Å²) in [6, 6.07) is 12.7. The second kappa shape index (κ2) is 9.24. The van der Waals surface area contributed by atoms with Gasteiger partial charge >= 0.3 is 0 Å². The molecule has 0 aliphatic carbocycles. The minimum atomic E-state index is -1.76. The van der Waals surface area contributed by atoms with Gasteiger partial charge < -0.3 is 39.4 Å². The maximum atomic E-state index is 10.8. The SMILES string of the molecule is CCOc1ccc(Cc2cc([C@]34OC[C@](OCCO)(O3)[C@@H](O)[C@H](O)[C@H]4O)ccc2Cl)cc1. The highest BCUT2D eigenvalue weighted by molar-refractivity contribution is 6.31. The van der Waals surface area contributed by atoms with Gasteiger partial charge in [-0.25, -0.2) is 0 Å². The summed E-state index contributed by atoms with van der Waals surface area (Å²) in [6.07, 6.45) is -4.22. The van der Waals surface area contributed by atoms with E-state index in [0.717, 1.165) is 16.9 Å². The van der Waals surface area contributed by atoms with E-state index in [0.29, 0.717) is 23.6 Å². The zero-order chi connectivity index (χ0) is 22.9. The Kier molecular flexibility index (Phi) is 6.76. The molecule has 2 saturated heterocycles. The number of fused-ring (bicyclic) bond motifs is 2. The van der Waals surface area contributed by atoms with Gasteiger partial charge in [-0.3, -0.25) is 0 Å². The van der Waals surface area contributed by atoms with Crippen LogP contribution in [0.4, 0.5) is 0 Å². The maximum Gasteiger partial charge on any atom is 0.227 e. The zero-order valence-electron chi connectivity index (χ0n) is 17.6. The molecule has 0 spiro atoms. The molecule has 2 aliphatic heterocycles. The molecule has 2 bridgehead atoms. The third kappa shape index (κ3) is 4.02. The van der Waals surface area contributed by atoms with Crippen LogP contribution in [-0.4, -0.2) is 71.0 Å². The molecule has 0 saturated carbocycles. The first kappa shape index (κ1) is 23.4. The van der Waals surface area contributed by atoms with Crippen LogP contribution < -0.4 is 4.74 Å². The number of aliphatic hydroxyl groups is 4. The molecule has 32 heavy (non-hydrogen) atoms. The zero-order valence-corrected chi connectivity index (χ0v) is 18.4. The van der Waals surface area contributed by atoms with E-state index >= 15 is 0 Å². The van der Waals surface area contributed by atoms with Crippen molar-refractivity contribution in [3.05, 3.63) is 64.2 Å². The molecule has 4 N–H and O–H groups in total. The summed E-state index contributed by atoms with van der Waals surface area (Å²) < 4.78 is 22.8. The van der Waals surface area contributed by atoms with Gasteiger partial charge in [-0.05, 0) is 48.7 Å². The molecule has 2 aromatic carbocycles. The predicted molar refractivity (Wildman–Crippen MR) is 114 cm³/mol. The molecule has 0 aromatic heterocycles. The van der Waals surface area contributed by atoms with Crippen LogP contribution in [0, 0.1) is 0 Å². The fraction of sp³-hybridized carbons (Fsp3) is 0.478. The summed E-state index contributed by atoms with van der Waals surface area (Å²) >= 11 is 6.44. The Bertz CT molecular complexity index is 938. The summed E-state index contributed by atoms with van der Waals surface area (Å²) in [5, 5.41) is 41.4. The lowest BCUT2D eigenvalue weighted by Gasteiger charge is -2.46. The minimum absolute atomic E-state index is 0.136. The second-order valence-electron chi connectivity index (χ2n) is 7.88. The average molecular weight is 467 g/mol. The topological polar surface area (TPSA) is 118 Å². The lowest BCUT2D eigenvalue weighted by atomic mass is 9.87. The van der Waals surface area contributed by atoms with Crippen molar-refractivity contribution in [2.24, 2.45) is 0 Å². The fourth-order valence-electron chi connectivity index (χ4n) is 4.18. The Morgan fingerprint density at radius 2 is 1.84 bits per heavy atom. The third-order valence-electron chi connectivity index (χ3n) is 5.81. The van der Waals surface area contributed by atoms with Crippen LogP contribution in [0.25, 0.3) is 0 Å². The molecule has 0 unspecified atom stereocenters. The summed E-state index contributed by atoms with van der Waals surface area (Å²) in [4.78, 5) is 0.